The second kappa shape index (κ2) is 10.6. The molecule has 2 aliphatic carbocycles. The predicted molar refractivity (Wildman–Crippen MR) is 146 cm³/mol. The van der Waals surface area contributed by atoms with Crippen LogP contribution in [0.4, 0.5) is 0 Å². The molecule has 0 aliphatic heterocycles. The third-order valence-electron chi connectivity index (χ3n) is 7.92. The maximum Gasteiger partial charge on any atom is 0.123 e. The lowest BCUT2D eigenvalue weighted by atomic mass is 9.69. The SMILES string of the molecule is O=CC1CC(Oc2ccc([C@@H]3c4ccc(OCc5ccccc5)cc4CC[C@@H]3c3ccccc3)cc2)C1. The molecule has 3 heteroatoms. The van der Waals surface area contributed by atoms with Crippen LogP contribution in [0.3, 0.4) is 0 Å². The molecule has 0 N–H and O–H groups in total. The van der Waals surface area contributed by atoms with E-state index in [1.165, 1.54) is 27.8 Å². The molecule has 0 unspecified atom stereocenters. The average Bonchev–Trinajstić information content (AvgIpc) is 2.94. The van der Waals surface area contributed by atoms with Crippen LogP contribution in [-0.4, -0.2) is 12.4 Å². The number of carbonyl (C=O) groups is 1. The molecule has 0 saturated heterocycles. The molecule has 1 fully saturated rings. The van der Waals surface area contributed by atoms with Crippen LogP contribution in [0.1, 0.15) is 58.9 Å². The van der Waals surface area contributed by atoms with E-state index in [2.05, 4.69) is 84.9 Å². The molecule has 1 saturated carbocycles. The van der Waals surface area contributed by atoms with Crippen molar-refractivity contribution in [3.63, 3.8) is 0 Å². The van der Waals surface area contributed by atoms with Crippen molar-refractivity contribution in [2.24, 2.45) is 5.92 Å². The quantitative estimate of drug-likeness (QED) is 0.241. The number of hydrogen-bond acceptors (Lipinski definition) is 3. The van der Waals surface area contributed by atoms with E-state index in [1.807, 2.05) is 18.2 Å². The number of benzene rings is 4. The molecule has 2 atom stereocenters. The summed E-state index contributed by atoms with van der Waals surface area (Å²) in [4.78, 5) is 10.9. The highest BCUT2D eigenvalue weighted by molar-refractivity contribution is 5.55. The minimum atomic E-state index is 0.155. The predicted octanol–water partition coefficient (Wildman–Crippen LogP) is 7.48. The molecule has 186 valence electrons. The molecule has 0 aromatic heterocycles. The molecule has 2 aliphatic rings. The summed E-state index contributed by atoms with van der Waals surface area (Å²) in [5, 5.41) is 0. The van der Waals surface area contributed by atoms with Gasteiger partial charge in [0.1, 0.15) is 30.5 Å². The summed E-state index contributed by atoms with van der Waals surface area (Å²) in [5.41, 5.74) is 6.62. The first kappa shape index (κ1) is 23.5. The molecule has 0 spiro atoms. The summed E-state index contributed by atoms with van der Waals surface area (Å²) in [7, 11) is 0. The number of ether oxygens (including phenoxy) is 2. The second-order valence-electron chi connectivity index (χ2n) is 10.3. The molecule has 0 radical (unpaired) electrons. The normalized spacial score (nSPS) is 22.4. The fourth-order valence-corrected chi connectivity index (χ4v) is 5.86. The zero-order chi connectivity index (χ0) is 25.0. The van der Waals surface area contributed by atoms with Crippen LogP contribution in [0.5, 0.6) is 11.5 Å². The van der Waals surface area contributed by atoms with Crippen molar-refractivity contribution in [2.75, 3.05) is 0 Å². The summed E-state index contributed by atoms with van der Waals surface area (Å²) < 4.78 is 12.3. The van der Waals surface area contributed by atoms with Gasteiger partial charge in [0.2, 0.25) is 0 Å². The first-order valence-electron chi connectivity index (χ1n) is 13.3. The maximum absolute atomic E-state index is 10.9. The van der Waals surface area contributed by atoms with E-state index in [0.29, 0.717) is 12.5 Å². The zero-order valence-corrected chi connectivity index (χ0v) is 21.0. The van der Waals surface area contributed by atoms with Gasteiger partial charge >= 0.3 is 0 Å². The van der Waals surface area contributed by atoms with E-state index < -0.39 is 0 Å². The molecule has 0 bridgehead atoms. The van der Waals surface area contributed by atoms with Crippen molar-refractivity contribution < 1.29 is 14.3 Å². The van der Waals surface area contributed by atoms with Gasteiger partial charge in [-0.3, -0.25) is 0 Å². The number of hydrogen-bond donors (Lipinski definition) is 0. The molecule has 37 heavy (non-hydrogen) atoms. The van der Waals surface area contributed by atoms with Gasteiger partial charge in [0, 0.05) is 11.8 Å². The molecule has 4 aromatic carbocycles. The fourth-order valence-electron chi connectivity index (χ4n) is 5.86. The summed E-state index contributed by atoms with van der Waals surface area (Å²) in [6.45, 7) is 0.575. The third-order valence-corrected chi connectivity index (χ3v) is 7.92. The number of aldehydes is 1. The fraction of sp³-hybridized carbons (Fsp3) is 0.265. The zero-order valence-electron chi connectivity index (χ0n) is 21.0. The first-order chi connectivity index (χ1) is 18.3. The van der Waals surface area contributed by atoms with Crippen molar-refractivity contribution in [2.45, 2.75) is 50.2 Å². The summed E-state index contributed by atoms with van der Waals surface area (Å²) in [5.74, 6) is 2.66. The number of rotatable bonds is 8. The number of fused-ring (bicyclic) bond motifs is 1. The lowest BCUT2D eigenvalue weighted by molar-refractivity contribution is -0.116. The standard InChI is InChI=1S/C34H32O3/c35-22-25-19-31(20-25)37-29-14-11-27(12-15-29)34-32(26-9-5-2-6-10-26)17-13-28-21-30(16-18-33(28)34)36-23-24-7-3-1-4-8-24/h1-12,14-16,18,21-22,25,31-32,34H,13,17,19-20,23H2/t25?,31?,32-,34+/m1/s1. The molecule has 6 rings (SSSR count). The van der Waals surface area contributed by atoms with E-state index in [-0.39, 0.29) is 17.9 Å². The molecular formula is C34H32O3. The Morgan fingerprint density at radius 1 is 0.757 bits per heavy atom. The van der Waals surface area contributed by atoms with E-state index in [9.17, 15) is 4.79 Å². The van der Waals surface area contributed by atoms with E-state index >= 15 is 0 Å². The van der Waals surface area contributed by atoms with Gasteiger partial charge in [-0.25, -0.2) is 0 Å². The van der Waals surface area contributed by atoms with Crippen LogP contribution in [0, 0.1) is 5.92 Å². The van der Waals surface area contributed by atoms with Crippen LogP contribution in [0.15, 0.2) is 103 Å². The average molecular weight is 489 g/mol. The third kappa shape index (κ3) is 5.17. The smallest absolute Gasteiger partial charge is 0.123 e. The number of carbonyl (C=O) groups excluding carboxylic acids is 1. The molecule has 0 heterocycles. The van der Waals surface area contributed by atoms with Gasteiger partial charge in [0.05, 0.1) is 0 Å². The highest BCUT2D eigenvalue weighted by atomic mass is 16.5. The van der Waals surface area contributed by atoms with Crippen LogP contribution in [0.25, 0.3) is 0 Å². The lowest BCUT2D eigenvalue weighted by Crippen LogP contribution is -2.34. The maximum atomic E-state index is 10.9. The van der Waals surface area contributed by atoms with Gasteiger partial charge in [0.25, 0.3) is 0 Å². The Bertz CT molecular complexity index is 1320. The van der Waals surface area contributed by atoms with E-state index in [1.54, 1.807) is 0 Å². The Hall–Kier alpha value is -3.85. The van der Waals surface area contributed by atoms with Crippen LogP contribution in [-0.2, 0) is 17.8 Å². The van der Waals surface area contributed by atoms with Crippen molar-refractivity contribution in [1.82, 2.24) is 0 Å². The summed E-state index contributed by atoms with van der Waals surface area (Å²) in [6.07, 6.45) is 4.98. The lowest BCUT2D eigenvalue weighted by Gasteiger charge is -2.35. The second-order valence-corrected chi connectivity index (χ2v) is 10.3. The Kier molecular flexibility index (Phi) is 6.77. The Balaban J connectivity index is 1.26. The minimum absolute atomic E-state index is 0.155. The Morgan fingerprint density at radius 2 is 1.46 bits per heavy atom. The molecule has 4 aromatic rings. The summed E-state index contributed by atoms with van der Waals surface area (Å²) >= 11 is 0. The minimum Gasteiger partial charge on any atom is -0.490 e. The van der Waals surface area contributed by atoms with Crippen molar-refractivity contribution in [1.29, 1.82) is 0 Å². The largest absolute Gasteiger partial charge is 0.490 e. The van der Waals surface area contributed by atoms with Gasteiger partial charge in [-0.05, 0) is 83.7 Å². The van der Waals surface area contributed by atoms with Crippen molar-refractivity contribution in [3.05, 3.63) is 131 Å². The van der Waals surface area contributed by atoms with Crippen LogP contribution >= 0.6 is 0 Å². The molecule has 3 nitrogen and oxygen atoms in total. The molecular weight excluding hydrogens is 456 g/mol. The highest BCUT2D eigenvalue weighted by Gasteiger charge is 2.33. The van der Waals surface area contributed by atoms with Gasteiger partial charge < -0.3 is 14.3 Å². The van der Waals surface area contributed by atoms with Crippen LogP contribution < -0.4 is 9.47 Å². The van der Waals surface area contributed by atoms with E-state index in [0.717, 1.165) is 43.5 Å². The number of aryl methyl sites for hydroxylation is 1. The van der Waals surface area contributed by atoms with Gasteiger partial charge in [-0.15, -0.1) is 0 Å². The van der Waals surface area contributed by atoms with Gasteiger partial charge in [-0.1, -0.05) is 78.9 Å². The Labute approximate surface area is 219 Å². The van der Waals surface area contributed by atoms with Gasteiger partial charge in [0.15, 0.2) is 0 Å². The van der Waals surface area contributed by atoms with Gasteiger partial charge in [-0.2, -0.15) is 0 Å². The highest BCUT2D eigenvalue weighted by Crippen LogP contribution is 2.47. The van der Waals surface area contributed by atoms with Crippen LogP contribution in [0.2, 0.25) is 0 Å². The Morgan fingerprint density at radius 3 is 2.19 bits per heavy atom. The van der Waals surface area contributed by atoms with Crippen molar-refractivity contribution in [3.8, 4) is 11.5 Å². The topological polar surface area (TPSA) is 35.5 Å². The summed E-state index contributed by atoms with van der Waals surface area (Å²) in [6, 6.07) is 36.5. The van der Waals surface area contributed by atoms with Crippen molar-refractivity contribution >= 4 is 6.29 Å². The molecule has 0 amide bonds. The first-order valence-corrected chi connectivity index (χ1v) is 13.3. The monoisotopic (exact) mass is 488 g/mol. The van der Waals surface area contributed by atoms with E-state index in [4.69, 9.17) is 9.47 Å².